The SMILES string of the molecule is Cc1ccc(NC(=O)CCCNC(=O)c2ccc(F)cc2F)cc1F. The van der Waals surface area contributed by atoms with Crippen LogP contribution in [0.15, 0.2) is 36.4 Å². The van der Waals surface area contributed by atoms with E-state index in [1.165, 1.54) is 6.07 Å². The van der Waals surface area contributed by atoms with Crippen LogP contribution in [0.1, 0.15) is 28.8 Å². The second-order valence-electron chi connectivity index (χ2n) is 5.50. The summed E-state index contributed by atoms with van der Waals surface area (Å²) in [4.78, 5) is 23.5. The molecule has 2 aromatic carbocycles. The van der Waals surface area contributed by atoms with E-state index < -0.39 is 23.4 Å². The number of anilines is 1. The number of hydrogen-bond donors (Lipinski definition) is 2. The van der Waals surface area contributed by atoms with Crippen LogP contribution in [0.4, 0.5) is 18.9 Å². The Balaban J connectivity index is 1.75. The van der Waals surface area contributed by atoms with Gasteiger partial charge in [0.2, 0.25) is 5.91 Å². The van der Waals surface area contributed by atoms with Gasteiger partial charge in [0.15, 0.2) is 0 Å². The first-order chi connectivity index (χ1) is 11.9. The van der Waals surface area contributed by atoms with Gasteiger partial charge in [0.05, 0.1) is 5.56 Å². The lowest BCUT2D eigenvalue weighted by Gasteiger charge is -2.08. The summed E-state index contributed by atoms with van der Waals surface area (Å²) in [6.07, 6.45) is 0.413. The van der Waals surface area contributed by atoms with Crippen molar-refractivity contribution in [1.29, 1.82) is 0 Å². The average molecular weight is 350 g/mol. The number of carbonyl (C=O) groups is 2. The molecule has 0 aliphatic heterocycles. The maximum absolute atomic E-state index is 13.4. The maximum Gasteiger partial charge on any atom is 0.254 e. The van der Waals surface area contributed by atoms with Crippen LogP contribution in [-0.2, 0) is 4.79 Å². The lowest BCUT2D eigenvalue weighted by atomic mass is 10.2. The Labute approximate surface area is 143 Å². The van der Waals surface area contributed by atoms with Crippen LogP contribution in [0.3, 0.4) is 0 Å². The minimum Gasteiger partial charge on any atom is -0.352 e. The van der Waals surface area contributed by atoms with Crippen LogP contribution >= 0.6 is 0 Å². The second-order valence-corrected chi connectivity index (χ2v) is 5.50. The Morgan fingerprint density at radius 1 is 1.00 bits per heavy atom. The molecule has 0 spiro atoms. The van der Waals surface area contributed by atoms with E-state index >= 15 is 0 Å². The van der Waals surface area contributed by atoms with Crippen molar-refractivity contribution in [2.24, 2.45) is 0 Å². The third kappa shape index (κ3) is 5.34. The van der Waals surface area contributed by atoms with Crippen molar-refractivity contribution in [2.45, 2.75) is 19.8 Å². The van der Waals surface area contributed by atoms with Crippen LogP contribution < -0.4 is 10.6 Å². The van der Waals surface area contributed by atoms with Gasteiger partial charge >= 0.3 is 0 Å². The fourth-order valence-corrected chi connectivity index (χ4v) is 2.11. The van der Waals surface area contributed by atoms with Crippen LogP contribution in [0.5, 0.6) is 0 Å². The summed E-state index contributed by atoms with van der Waals surface area (Å²) in [5.74, 6) is -3.13. The van der Waals surface area contributed by atoms with Gasteiger partial charge in [-0.25, -0.2) is 13.2 Å². The molecule has 0 saturated heterocycles. The number of amides is 2. The first-order valence-corrected chi connectivity index (χ1v) is 7.66. The minimum atomic E-state index is -0.948. The molecule has 2 aromatic rings. The zero-order valence-electron chi connectivity index (χ0n) is 13.5. The molecule has 0 unspecified atom stereocenters. The van der Waals surface area contributed by atoms with Crippen LogP contribution in [0.2, 0.25) is 0 Å². The molecule has 0 saturated carbocycles. The van der Waals surface area contributed by atoms with Gasteiger partial charge in [0.25, 0.3) is 5.91 Å². The number of nitrogens with one attached hydrogen (secondary N) is 2. The van der Waals surface area contributed by atoms with Crippen molar-refractivity contribution in [1.82, 2.24) is 5.32 Å². The Bertz CT molecular complexity index is 794. The predicted molar refractivity (Wildman–Crippen MR) is 87.7 cm³/mol. The third-order valence-corrected chi connectivity index (χ3v) is 3.50. The van der Waals surface area contributed by atoms with Gasteiger partial charge in [0.1, 0.15) is 17.5 Å². The number of rotatable bonds is 6. The van der Waals surface area contributed by atoms with E-state index in [9.17, 15) is 22.8 Å². The summed E-state index contributed by atoms with van der Waals surface area (Å²) >= 11 is 0. The molecule has 0 aliphatic rings. The molecule has 0 fully saturated rings. The third-order valence-electron chi connectivity index (χ3n) is 3.50. The van der Waals surface area contributed by atoms with Crippen molar-refractivity contribution in [2.75, 3.05) is 11.9 Å². The van der Waals surface area contributed by atoms with Crippen LogP contribution in [0.25, 0.3) is 0 Å². The highest BCUT2D eigenvalue weighted by atomic mass is 19.1. The molecule has 2 amide bonds. The quantitative estimate of drug-likeness (QED) is 0.783. The smallest absolute Gasteiger partial charge is 0.254 e. The Morgan fingerprint density at radius 2 is 1.76 bits per heavy atom. The molecule has 0 atom stereocenters. The van der Waals surface area contributed by atoms with Gasteiger partial charge in [-0.05, 0) is 43.2 Å². The van der Waals surface area contributed by atoms with E-state index in [1.807, 2.05) is 0 Å². The predicted octanol–water partition coefficient (Wildman–Crippen LogP) is 3.56. The van der Waals surface area contributed by atoms with E-state index in [0.717, 1.165) is 12.1 Å². The number of benzene rings is 2. The van der Waals surface area contributed by atoms with Crippen LogP contribution in [-0.4, -0.2) is 18.4 Å². The number of hydrogen-bond acceptors (Lipinski definition) is 2. The summed E-state index contributed by atoms with van der Waals surface area (Å²) in [7, 11) is 0. The van der Waals surface area contributed by atoms with Gasteiger partial charge in [-0.3, -0.25) is 9.59 Å². The first-order valence-electron chi connectivity index (χ1n) is 7.66. The maximum atomic E-state index is 13.4. The highest BCUT2D eigenvalue weighted by molar-refractivity contribution is 5.94. The molecular formula is C18H17F3N2O2. The first kappa shape index (κ1) is 18.5. The molecule has 0 heterocycles. The Hall–Kier alpha value is -2.83. The molecule has 0 bridgehead atoms. The fraction of sp³-hybridized carbons (Fsp3) is 0.222. The Morgan fingerprint density at radius 3 is 2.44 bits per heavy atom. The normalized spacial score (nSPS) is 10.4. The zero-order valence-corrected chi connectivity index (χ0v) is 13.5. The van der Waals surface area contributed by atoms with E-state index in [-0.39, 0.29) is 24.4 Å². The number of aryl methyl sites for hydroxylation is 1. The van der Waals surface area contributed by atoms with E-state index in [2.05, 4.69) is 10.6 Å². The molecular weight excluding hydrogens is 333 g/mol. The van der Waals surface area contributed by atoms with Gasteiger partial charge in [0, 0.05) is 24.7 Å². The lowest BCUT2D eigenvalue weighted by Crippen LogP contribution is -2.26. The lowest BCUT2D eigenvalue weighted by molar-refractivity contribution is -0.116. The molecule has 2 rings (SSSR count). The molecule has 0 radical (unpaired) electrons. The van der Waals surface area contributed by atoms with Crippen molar-refractivity contribution in [3.63, 3.8) is 0 Å². The van der Waals surface area contributed by atoms with Crippen molar-refractivity contribution < 1.29 is 22.8 Å². The monoisotopic (exact) mass is 350 g/mol. The average Bonchev–Trinajstić information content (AvgIpc) is 2.55. The van der Waals surface area contributed by atoms with Crippen molar-refractivity contribution in [3.8, 4) is 0 Å². The van der Waals surface area contributed by atoms with E-state index in [1.54, 1.807) is 19.1 Å². The highest BCUT2D eigenvalue weighted by Gasteiger charge is 2.12. The molecule has 0 aromatic heterocycles. The summed E-state index contributed by atoms with van der Waals surface area (Å²) < 4.78 is 39.6. The second kappa shape index (κ2) is 8.32. The molecule has 4 nitrogen and oxygen atoms in total. The Kier molecular flexibility index (Phi) is 6.16. The standard InChI is InChI=1S/C18H17F3N2O2/c1-11-4-6-13(10-15(11)20)23-17(24)3-2-8-22-18(25)14-7-5-12(19)9-16(14)21/h4-7,9-10H,2-3,8H2,1H3,(H,22,25)(H,23,24). The summed E-state index contributed by atoms with van der Waals surface area (Å²) in [6.45, 7) is 1.76. The molecule has 25 heavy (non-hydrogen) atoms. The summed E-state index contributed by atoms with van der Waals surface area (Å²) in [5, 5.41) is 5.01. The summed E-state index contributed by atoms with van der Waals surface area (Å²) in [6, 6.07) is 7.05. The minimum absolute atomic E-state index is 0.0989. The van der Waals surface area contributed by atoms with Gasteiger partial charge < -0.3 is 10.6 Å². The molecule has 132 valence electrons. The number of halogens is 3. The van der Waals surface area contributed by atoms with E-state index in [4.69, 9.17) is 0 Å². The van der Waals surface area contributed by atoms with Gasteiger partial charge in [-0.2, -0.15) is 0 Å². The topological polar surface area (TPSA) is 58.2 Å². The summed E-state index contributed by atoms with van der Waals surface area (Å²) in [5.41, 5.74) is 0.570. The fourth-order valence-electron chi connectivity index (χ4n) is 2.11. The van der Waals surface area contributed by atoms with E-state index in [0.29, 0.717) is 23.7 Å². The zero-order chi connectivity index (χ0) is 18.4. The van der Waals surface area contributed by atoms with Gasteiger partial charge in [-0.1, -0.05) is 6.07 Å². The largest absolute Gasteiger partial charge is 0.352 e. The molecule has 0 aliphatic carbocycles. The van der Waals surface area contributed by atoms with Crippen LogP contribution in [0, 0.1) is 24.4 Å². The number of carbonyl (C=O) groups excluding carboxylic acids is 2. The van der Waals surface area contributed by atoms with Crippen molar-refractivity contribution in [3.05, 3.63) is 65.0 Å². The highest BCUT2D eigenvalue weighted by Crippen LogP contribution is 2.14. The molecule has 2 N–H and O–H groups in total. The molecule has 7 heteroatoms. The van der Waals surface area contributed by atoms with Crippen molar-refractivity contribution >= 4 is 17.5 Å². The van der Waals surface area contributed by atoms with Gasteiger partial charge in [-0.15, -0.1) is 0 Å².